The van der Waals surface area contributed by atoms with Crippen molar-refractivity contribution in [2.45, 2.75) is 26.3 Å². The molecule has 1 aromatic rings. The van der Waals surface area contributed by atoms with E-state index in [1.165, 1.54) is 0 Å². The fourth-order valence-electron chi connectivity index (χ4n) is 2.41. The van der Waals surface area contributed by atoms with E-state index in [-0.39, 0.29) is 16.2 Å². The highest BCUT2D eigenvalue weighted by Crippen LogP contribution is 2.19. The van der Waals surface area contributed by atoms with Crippen LogP contribution in [-0.2, 0) is 0 Å². The lowest BCUT2D eigenvalue weighted by Gasteiger charge is -2.20. The van der Waals surface area contributed by atoms with E-state index in [1.807, 2.05) is 0 Å². The van der Waals surface area contributed by atoms with Gasteiger partial charge >= 0.3 is 0 Å². The smallest absolute Gasteiger partial charge is 0.254 e. The Hall–Kier alpha value is -0.840. The first-order valence-corrected chi connectivity index (χ1v) is 7.57. The number of halogens is 2. The molecule has 2 heterocycles. The molecule has 1 N–H and O–H groups in total. The van der Waals surface area contributed by atoms with Crippen LogP contribution in [0.2, 0.25) is 10.3 Å². The van der Waals surface area contributed by atoms with Gasteiger partial charge in [-0.1, -0.05) is 23.2 Å². The summed E-state index contributed by atoms with van der Waals surface area (Å²) in [6.07, 6.45) is 1.12. The van der Waals surface area contributed by atoms with Crippen molar-refractivity contribution < 1.29 is 4.79 Å². The molecule has 4 nitrogen and oxygen atoms in total. The van der Waals surface area contributed by atoms with E-state index < -0.39 is 0 Å². The van der Waals surface area contributed by atoms with Crippen LogP contribution in [-0.4, -0.2) is 41.5 Å². The Morgan fingerprint density at radius 3 is 2.85 bits per heavy atom. The summed E-state index contributed by atoms with van der Waals surface area (Å²) in [4.78, 5) is 18.4. The number of rotatable bonds is 4. The number of nitrogens with zero attached hydrogens (tertiary/aromatic N) is 2. The summed E-state index contributed by atoms with van der Waals surface area (Å²) in [5, 5.41) is 3.36. The summed E-state index contributed by atoms with van der Waals surface area (Å²) in [5.74, 6) is 0.308. The largest absolute Gasteiger partial charge is 0.352 e. The topological polar surface area (TPSA) is 45.2 Å². The van der Waals surface area contributed by atoms with E-state index >= 15 is 0 Å². The van der Waals surface area contributed by atoms with Gasteiger partial charge in [0.05, 0.1) is 5.56 Å². The van der Waals surface area contributed by atoms with Crippen molar-refractivity contribution in [1.82, 2.24) is 15.2 Å². The Morgan fingerprint density at radius 2 is 2.25 bits per heavy atom. The van der Waals surface area contributed by atoms with Gasteiger partial charge in [0.2, 0.25) is 0 Å². The van der Waals surface area contributed by atoms with Gasteiger partial charge in [0.25, 0.3) is 5.91 Å². The number of aromatic nitrogens is 1. The number of pyridine rings is 1. The number of hydrogen-bond donors (Lipinski definition) is 1. The van der Waals surface area contributed by atoms with Gasteiger partial charge in [-0.2, -0.15) is 0 Å². The van der Waals surface area contributed by atoms with E-state index in [4.69, 9.17) is 23.2 Å². The molecule has 20 heavy (non-hydrogen) atoms. The van der Waals surface area contributed by atoms with Crippen molar-refractivity contribution in [3.63, 3.8) is 0 Å². The maximum absolute atomic E-state index is 12.1. The van der Waals surface area contributed by atoms with Gasteiger partial charge in [-0.05, 0) is 44.9 Å². The Balaban J connectivity index is 1.87. The average Bonchev–Trinajstić information content (AvgIpc) is 2.85. The minimum absolute atomic E-state index is 0.144. The number of nitrogens with one attached hydrogen (secondary N) is 1. The van der Waals surface area contributed by atoms with Gasteiger partial charge in [-0.25, -0.2) is 4.98 Å². The van der Waals surface area contributed by atoms with E-state index in [0.29, 0.717) is 24.1 Å². The normalized spacial score (nSPS) is 19.6. The number of likely N-dealkylation sites (tertiary alicyclic amines) is 1. The highest BCUT2D eigenvalue weighted by atomic mass is 35.5. The molecular weight excluding hydrogens is 297 g/mol. The molecule has 0 bridgehead atoms. The molecule has 1 atom stereocenters. The molecule has 1 fully saturated rings. The van der Waals surface area contributed by atoms with Crippen LogP contribution in [0.15, 0.2) is 12.1 Å². The van der Waals surface area contributed by atoms with Crippen LogP contribution in [0, 0.1) is 5.92 Å². The van der Waals surface area contributed by atoms with Crippen LogP contribution in [0.4, 0.5) is 0 Å². The second kappa shape index (κ2) is 6.74. The Morgan fingerprint density at radius 1 is 1.50 bits per heavy atom. The van der Waals surface area contributed by atoms with Crippen molar-refractivity contribution in [2.24, 2.45) is 5.92 Å². The van der Waals surface area contributed by atoms with Crippen molar-refractivity contribution in [3.8, 4) is 0 Å². The zero-order valence-electron chi connectivity index (χ0n) is 11.7. The third-order valence-corrected chi connectivity index (χ3v) is 4.16. The fourth-order valence-corrected chi connectivity index (χ4v) is 2.84. The molecule has 1 unspecified atom stereocenters. The van der Waals surface area contributed by atoms with Crippen LogP contribution in [0.3, 0.4) is 0 Å². The monoisotopic (exact) mass is 315 g/mol. The Kier molecular flexibility index (Phi) is 5.24. The molecule has 0 aliphatic carbocycles. The number of carbonyl (C=O) groups is 1. The Labute approximate surface area is 129 Å². The lowest BCUT2D eigenvalue weighted by molar-refractivity contribution is 0.0947. The number of hydrogen-bond acceptors (Lipinski definition) is 3. The molecule has 1 amide bonds. The predicted molar refractivity (Wildman–Crippen MR) is 81.4 cm³/mol. The highest BCUT2D eigenvalue weighted by Gasteiger charge is 2.24. The Bertz CT molecular complexity index is 493. The van der Waals surface area contributed by atoms with Gasteiger partial charge in [0.1, 0.15) is 10.3 Å². The van der Waals surface area contributed by atoms with Crippen LogP contribution in [0.5, 0.6) is 0 Å². The van der Waals surface area contributed by atoms with Crippen molar-refractivity contribution in [3.05, 3.63) is 28.0 Å². The molecule has 0 saturated carbocycles. The molecule has 6 heteroatoms. The summed E-state index contributed by atoms with van der Waals surface area (Å²) in [5.41, 5.74) is 0.370. The summed E-state index contributed by atoms with van der Waals surface area (Å²) < 4.78 is 0. The zero-order chi connectivity index (χ0) is 14.7. The minimum atomic E-state index is -0.192. The molecule has 2 rings (SSSR count). The third kappa shape index (κ3) is 3.84. The van der Waals surface area contributed by atoms with Crippen molar-refractivity contribution in [1.29, 1.82) is 0 Å². The third-order valence-electron chi connectivity index (χ3n) is 3.66. The molecule has 110 valence electrons. The predicted octanol–water partition coefficient (Wildman–Crippen LogP) is 2.85. The molecule has 0 spiro atoms. The van der Waals surface area contributed by atoms with Crippen molar-refractivity contribution >= 4 is 29.1 Å². The molecule has 0 aromatic carbocycles. The summed E-state index contributed by atoms with van der Waals surface area (Å²) in [6, 6.07) is 3.73. The second-order valence-corrected chi connectivity index (χ2v) is 6.17. The fraction of sp³-hybridized carbons (Fsp3) is 0.571. The first-order chi connectivity index (χ1) is 9.47. The molecule has 1 saturated heterocycles. The maximum Gasteiger partial charge on any atom is 0.254 e. The van der Waals surface area contributed by atoms with E-state index in [9.17, 15) is 4.79 Å². The zero-order valence-corrected chi connectivity index (χ0v) is 13.2. The second-order valence-electron chi connectivity index (χ2n) is 5.43. The molecule has 1 aromatic heterocycles. The summed E-state index contributed by atoms with van der Waals surface area (Å²) in [7, 11) is 0. The van der Waals surface area contributed by atoms with Gasteiger partial charge in [0.15, 0.2) is 0 Å². The lowest BCUT2D eigenvalue weighted by atomic mass is 10.1. The van der Waals surface area contributed by atoms with E-state index in [0.717, 1.165) is 19.5 Å². The first-order valence-electron chi connectivity index (χ1n) is 6.81. The van der Waals surface area contributed by atoms with Crippen LogP contribution < -0.4 is 5.32 Å². The standard InChI is InChI=1S/C14H19Cl2N3O/c1-9(2)19-6-5-10(8-19)7-17-14(20)11-3-4-12(15)18-13(11)16/h3-4,9-10H,5-8H2,1-2H3,(H,17,20). The first kappa shape index (κ1) is 15.5. The van der Waals surface area contributed by atoms with Crippen LogP contribution in [0.1, 0.15) is 30.6 Å². The lowest BCUT2D eigenvalue weighted by Crippen LogP contribution is -2.33. The molecule has 1 aliphatic rings. The quantitative estimate of drug-likeness (QED) is 0.869. The van der Waals surface area contributed by atoms with Crippen LogP contribution in [0.25, 0.3) is 0 Å². The summed E-state index contributed by atoms with van der Waals surface area (Å²) >= 11 is 11.6. The van der Waals surface area contributed by atoms with Gasteiger partial charge < -0.3 is 10.2 Å². The van der Waals surface area contributed by atoms with Gasteiger partial charge in [-0.3, -0.25) is 4.79 Å². The van der Waals surface area contributed by atoms with Gasteiger partial charge in [0, 0.05) is 19.1 Å². The summed E-state index contributed by atoms with van der Waals surface area (Å²) in [6.45, 7) is 7.19. The van der Waals surface area contributed by atoms with E-state index in [2.05, 4.69) is 29.0 Å². The molecular formula is C14H19Cl2N3O. The minimum Gasteiger partial charge on any atom is -0.352 e. The van der Waals surface area contributed by atoms with Crippen LogP contribution >= 0.6 is 23.2 Å². The number of amides is 1. The maximum atomic E-state index is 12.1. The van der Waals surface area contributed by atoms with E-state index in [1.54, 1.807) is 12.1 Å². The molecule has 1 aliphatic heterocycles. The SMILES string of the molecule is CC(C)N1CCC(CNC(=O)c2ccc(Cl)nc2Cl)C1. The van der Waals surface area contributed by atoms with Gasteiger partial charge in [-0.15, -0.1) is 0 Å². The number of carbonyl (C=O) groups excluding carboxylic acids is 1. The highest BCUT2D eigenvalue weighted by molar-refractivity contribution is 6.34. The molecule has 0 radical (unpaired) electrons. The van der Waals surface area contributed by atoms with Crippen molar-refractivity contribution in [2.75, 3.05) is 19.6 Å². The average molecular weight is 316 g/mol.